The van der Waals surface area contributed by atoms with E-state index in [4.69, 9.17) is 8.83 Å². The van der Waals surface area contributed by atoms with Crippen LogP contribution in [0.4, 0.5) is 51.2 Å². The SMILES string of the molecule is CC(C)(C)c1ccc(N2c3cc(N(c4ccccc4)c4ccc5ccccc5c4)ccc3B3c4oc5c(ccc6oc7ccccc7c65)c4N(c4ccc(C(C)(C)C)cc4)c4cccc2c43)cc1. The van der Waals surface area contributed by atoms with E-state index in [0.29, 0.717) is 0 Å². The third-order valence-corrected chi connectivity index (χ3v) is 14.3. The molecule has 328 valence electrons. The number of anilines is 9. The van der Waals surface area contributed by atoms with Gasteiger partial charge >= 0.3 is 0 Å². The second-order valence-corrected chi connectivity index (χ2v) is 20.6. The summed E-state index contributed by atoms with van der Waals surface area (Å²) in [5.74, 6) is 0. The Morgan fingerprint density at radius 2 is 1.06 bits per heavy atom. The van der Waals surface area contributed by atoms with Crippen molar-refractivity contribution in [1.29, 1.82) is 0 Å². The van der Waals surface area contributed by atoms with Crippen molar-refractivity contribution in [1.82, 2.24) is 0 Å². The fraction of sp³-hybridized carbons (Fsp3) is 0.129. The van der Waals surface area contributed by atoms with Crippen LogP contribution in [0.1, 0.15) is 52.7 Å². The Morgan fingerprint density at radius 1 is 0.441 bits per heavy atom. The molecule has 0 aliphatic carbocycles. The Hall–Kier alpha value is -7.96. The number of hydrogen-bond donors (Lipinski definition) is 0. The molecule has 68 heavy (non-hydrogen) atoms. The average Bonchev–Trinajstić information content (AvgIpc) is 3.93. The number of fused-ring (bicyclic) bond motifs is 11. The second-order valence-electron chi connectivity index (χ2n) is 20.6. The van der Waals surface area contributed by atoms with Gasteiger partial charge in [0.15, 0.2) is 0 Å². The lowest BCUT2D eigenvalue weighted by molar-refractivity contribution is 0.590. The average molecular weight is 880 g/mol. The highest BCUT2D eigenvalue weighted by atomic mass is 16.3. The predicted molar refractivity (Wildman–Crippen MR) is 287 cm³/mol. The van der Waals surface area contributed by atoms with Gasteiger partial charge in [0.05, 0.1) is 16.7 Å². The molecule has 0 fully saturated rings. The van der Waals surface area contributed by atoms with Crippen LogP contribution >= 0.6 is 0 Å². The first-order valence-electron chi connectivity index (χ1n) is 23.8. The van der Waals surface area contributed by atoms with Gasteiger partial charge < -0.3 is 23.5 Å². The Kier molecular flexibility index (Phi) is 8.76. The number of hydrogen-bond acceptors (Lipinski definition) is 5. The summed E-state index contributed by atoms with van der Waals surface area (Å²) in [5, 5.41) is 5.51. The lowest BCUT2D eigenvalue weighted by atomic mass is 9.35. The highest BCUT2D eigenvalue weighted by Crippen LogP contribution is 2.50. The molecule has 2 aliphatic heterocycles. The lowest BCUT2D eigenvalue weighted by Crippen LogP contribution is -2.61. The minimum Gasteiger partial charge on any atom is -0.467 e. The number of benzene rings is 9. The first-order valence-corrected chi connectivity index (χ1v) is 23.8. The fourth-order valence-electron chi connectivity index (χ4n) is 10.9. The molecule has 4 heterocycles. The molecular formula is C62H50BN3O2. The van der Waals surface area contributed by atoms with Gasteiger partial charge in [-0.2, -0.15) is 0 Å². The van der Waals surface area contributed by atoms with Gasteiger partial charge in [-0.05, 0) is 135 Å². The van der Waals surface area contributed by atoms with Crippen molar-refractivity contribution in [3.63, 3.8) is 0 Å². The summed E-state index contributed by atoms with van der Waals surface area (Å²) in [4.78, 5) is 7.32. The molecule has 13 rings (SSSR count). The molecule has 0 saturated carbocycles. The van der Waals surface area contributed by atoms with Gasteiger partial charge in [0.2, 0.25) is 0 Å². The summed E-state index contributed by atoms with van der Waals surface area (Å²) in [5.41, 5.74) is 18.3. The molecule has 11 aromatic rings. The molecule has 0 bridgehead atoms. The summed E-state index contributed by atoms with van der Waals surface area (Å²) in [7, 11) is 0. The van der Waals surface area contributed by atoms with Crippen LogP contribution in [0.15, 0.2) is 203 Å². The highest BCUT2D eigenvalue weighted by Gasteiger charge is 2.47. The van der Waals surface area contributed by atoms with E-state index in [2.05, 4.69) is 238 Å². The molecule has 0 radical (unpaired) electrons. The first kappa shape index (κ1) is 40.3. The van der Waals surface area contributed by atoms with Crippen molar-refractivity contribution < 1.29 is 8.83 Å². The zero-order chi connectivity index (χ0) is 46.1. The summed E-state index contributed by atoms with van der Waals surface area (Å²) in [6, 6.07) is 70.9. The van der Waals surface area contributed by atoms with Crippen LogP contribution in [0.3, 0.4) is 0 Å². The van der Waals surface area contributed by atoms with Crippen LogP contribution in [0, 0.1) is 0 Å². The summed E-state index contributed by atoms with van der Waals surface area (Å²) < 4.78 is 14.0. The van der Waals surface area contributed by atoms with Gasteiger partial charge in [-0.3, -0.25) is 0 Å². The van der Waals surface area contributed by atoms with Crippen molar-refractivity contribution in [2.24, 2.45) is 0 Å². The molecule has 5 nitrogen and oxygen atoms in total. The maximum absolute atomic E-state index is 7.53. The smallest absolute Gasteiger partial charge is 0.297 e. The second kappa shape index (κ2) is 14.8. The van der Waals surface area contributed by atoms with Crippen molar-refractivity contribution in [3.8, 4) is 0 Å². The number of furan rings is 2. The van der Waals surface area contributed by atoms with E-state index < -0.39 is 0 Å². The van der Waals surface area contributed by atoms with Crippen LogP contribution in [-0.2, 0) is 10.8 Å². The minimum atomic E-state index is -0.220. The zero-order valence-electron chi connectivity index (χ0n) is 39.2. The third kappa shape index (κ3) is 6.16. The number of nitrogens with zero attached hydrogens (tertiary/aromatic N) is 3. The maximum atomic E-state index is 7.53. The molecule has 9 aromatic carbocycles. The van der Waals surface area contributed by atoms with Crippen LogP contribution in [0.25, 0.3) is 43.7 Å². The van der Waals surface area contributed by atoms with Crippen molar-refractivity contribution in [3.05, 3.63) is 205 Å². The highest BCUT2D eigenvalue weighted by molar-refractivity contribution is 7.00. The van der Waals surface area contributed by atoms with Crippen LogP contribution in [-0.4, -0.2) is 6.71 Å². The van der Waals surface area contributed by atoms with Crippen LogP contribution < -0.4 is 31.3 Å². The third-order valence-electron chi connectivity index (χ3n) is 14.3. The fourth-order valence-corrected chi connectivity index (χ4v) is 10.9. The van der Waals surface area contributed by atoms with Gasteiger partial charge in [0.25, 0.3) is 6.71 Å². The molecule has 6 heteroatoms. The summed E-state index contributed by atoms with van der Waals surface area (Å²) in [6.07, 6.45) is 0. The van der Waals surface area contributed by atoms with Gasteiger partial charge in [-0.15, -0.1) is 0 Å². The predicted octanol–water partition coefficient (Wildman–Crippen LogP) is 15.6. The van der Waals surface area contributed by atoms with Gasteiger partial charge in [0.1, 0.15) is 16.7 Å². The van der Waals surface area contributed by atoms with E-state index in [1.807, 2.05) is 12.1 Å². The Morgan fingerprint density at radius 3 is 1.78 bits per heavy atom. The quantitative estimate of drug-likeness (QED) is 0.161. The molecule has 0 unspecified atom stereocenters. The maximum Gasteiger partial charge on any atom is 0.297 e. The van der Waals surface area contributed by atoms with Crippen LogP contribution in [0.5, 0.6) is 0 Å². The minimum absolute atomic E-state index is 0.00498. The molecule has 0 spiro atoms. The van der Waals surface area contributed by atoms with Crippen molar-refractivity contribution in [2.75, 3.05) is 14.7 Å². The van der Waals surface area contributed by atoms with E-state index >= 15 is 0 Å². The molecule has 0 amide bonds. The molecule has 0 saturated heterocycles. The normalized spacial score (nSPS) is 13.4. The largest absolute Gasteiger partial charge is 0.467 e. The summed E-state index contributed by atoms with van der Waals surface area (Å²) >= 11 is 0. The first-order chi connectivity index (χ1) is 33.0. The van der Waals surface area contributed by atoms with Crippen molar-refractivity contribution >= 4 is 118 Å². The Bertz CT molecular complexity index is 3780. The monoisotopic (exact) mass is 879 g/mol. The van der Waals surface area contributed by atoms with E-state index in [9.17, 15) is 0 Å². The van der Waals surface area contributed by atoms with E-state index in [1.165, 1.54) is 32.8 Å². The van der Waals surface area contributed by atoms with E-state index in [1.54, 1.807) is 0 Å². The molecule has 2 aromatic heterocycles. The Labute approximate surface area is 397 Å². The van der Waals surface area contributed by atoms with E-state index in [-0.39, 0.29) is 17.5 Å². The standard InChI is InChI=1S/C62H50BN3O2/c1-61(2,3)41-24-29-44(30-25-41)65-51-20-14-21-52-57(51)63(50-35-33-47(38-53(50)65)64(43-17-8-7-9-18-43)46-28-23-39-15-10-11-16-40(39)37-46)60-58(66(52)45-31-26-42(27-32-45)62(4,5)6)49-34-36-55-56(59(49)68-60)48-19-12-13-22-54(48)67-55/h7-38H,1-6H3. The van der Waals surface area contributed by atoms with Gasteiger partial charge in [-0.25, -0.2) is 0 Å². The molecule has 0 atom stereocenters. The molecular weight excluding hydrogens is 830 g/mol. The zero-order valence-corrected chi connectivity index (χ0v) is 39.2. The van der Waals surface area contributed by atoms with E-state index in [0.717, 1.165) is 89.8 Å². The molecule has 0 N–H and O–H groups in total. The van der Waals surface area contributed by atoms with Gasteiger partial charge in [0, 0.05) is 56.3 Å². The summed E-state index contributed by atoms with van der Waals surface area (Å²) in [6.45, 7) is 13.4. The van der Waals surface area contributed by atoms with Crippen LogP contribution in [0.2, 0.25) is 0 Å². The number of para-hydroxylation sites is 2. The molecule has 2 aliphatic rings. The van der Waals surface area contributed by atoms with Gasteiger partial charge in [-0.1, -0.05) is 145 Å². The topological polar surface area (TPSA) is 36.0 Å². The number of rotatable bonds is 5. The lowest BCUT2D eigenvalue weighted by Gasteiger charge is -2.43. The Balaban J connectivity index is 1.10. The van der Waals surface area contributed by atoms with Crippen molar-refractivity contribution in [2.45, 2.75) is 52.4 Å².